The molecule has 140 valence electrons. The monoisotopic (exact) mass is 356 g/mol. The first kappa shape index (κ1) is 20.1. The molecule has 0 amide bonds. The molecule has 26 heavy (non-hydrogen) atoms. The minimum atomic E-state index is -0.855. The van der Waals surface area contributed by atoms with Gasteiger partial charge in [-0.05, 0) is 37.4 Å². The fourth-order valence-corrected chi connectivity index (χ4v) is 3.36. The molecule has 2 aromatic carbocycles. The SMILES string of the molecule is CCC(=O)O[C@](Cc1ccccc1)(c1ccc([18F])cc1)[C@H](C)CN(C)C. The van der Waals surface area contributed by atoms with Crippen molar-refractivity contribution in [2.75, 3.05) is 20.6 Å². The molecule has 0 bridgehead atoms. The van der Waals surface area contributed by atoms with E-state index in [9.17, 15) is 9.18 Å². The summed E-state index contributed by atoms with van der Waals surface area (Å²) in [5.74, 6) is -0.543. The number of carbonyl (C=O) groups excluding carboxylic acids is 1. The van der Waals surface area contributed by atoms with Gasteiger partial charge < -0.3 is 9.64 Å². The molecular formula is C22H28FNO2. The standard InChI is InChI=1S/C22H28FNO2/c1-5-21(25)26-22(17(2)16-24(3)4,15-18-9-7-6-8-10-18)19-11-13-20(23)14-12-19/h6-14,17H,5,15-16H2,1-4H3/t17-,22+/m1/s1/i23-1. The molecule has 2 atom stereocenters. The van der Waals surface area contributed by atoms with E-state index in [1.54, 1.807) is 19.1 Å². The third kappa shape index (κ3) is 4.92. The molecule has 0 spiro atoms. The van der Waals surface area contributed by atoms with Gasteiger partial charge in [0.2, 0.25) is 0 Å². The number of hydrogen-bond donors (Lipinski definition) is 0. The zero-order chi connectivity index (χ0) is 19.2. The summed E-state index contributed by atoms with van der Waals surface area (Å²) in [6.07, 6.45) is 0.840. The summed E-state index contributed by atoms with van der Waals surface area (Å²) in [6, 6.07) is 16.3. The van der Waals surface area contributed by atoms with Crippen LogP contribution in [0.2, 0.25) is 0 Å². The van der Waals surface area contributed by atoms with Gasteiger partial charge in [-0.25, -0.2) is 4.39 Å². The van der Waals surface area contributed by atoms with Crippen LogP contribution < -0.4 is 0 Å². The molecule has 0 aliphatic rings. The predicted octanol–water partition coefficient (Wildman–Crippen LogP) is 4.41. The van der Waals surface area contributed by atoms with Crippen LogP contribution in [-0.4, -0.2) is 31.5 Å². The number of benzene rings is 2. The highest BCUT2D eigenvalue weighted by molar-refractivity contribution is 5.69. The Kier molecular flexibility index (Phi) is 6.92. The molecule has 2 aromatic rings. The summed E-state index contributed by atoms with van der Waals surface area (Å²) in [5, 5.41) is 0. The number of esters is 1. The maximum Gasteiger partial charge on any atom is 0.306 e. The summed E-state index contributed by atoms with van der Waals surface area (Å²) in [7, 11) is 3.99. The molecule has 0 radical (unpaired) electrons. The number of hydrogen-bond acceptors (Lipinski definition) is 3. The summed E-state index contributed by atoms with van der Waals surface area (Å²) in [5.41, 5.74) is 1.04. The van der Waals surface area contributed by atoms with Crippen molar-refractivity contribution in [2.45, 2.75) is 32.3 Å². The Hall–Kier alpha value is -2.20. The van der Waals surface area contributed by atoms with Crippen molar-refractivity contribution in [3.63, 3.8) is 0 Å². The van der Waals surface area contributed by atoms with Crippen molar-refractivity contribution in [3.05, 3.63) is 71.5 Å². The van der Waals surface area contributed by atoms with Crippen LogP contribution in [0.15, 0.2) is 54.6 Å². The second-order valence-electron chi connectivity index (χ2n) is 7.05. The zero-order valence-electron chi connectivity index (χ0n) is 16.0. The van der Waals surface area contributed by atoms with E-state index < -0.39 is 5.60 Å². The number of ether oxygens (including phenoxy) is 1. The molecular weight excluding hydrogens is 328 g/mol. The van der Waals surface area contributed by atoms with Crippen molar-refractivity contribution in [3.8, 4) is 0 Å². The van der Waals surface area contributed by atoms with Gasteiger partial charge in [0, 0.05) is 25.3 Å². The lowest BCUT2D eigenvalue weighted by Crippen LogP contribution is -2.44. The van der Waals surface area contributed by atoms with Crippen molar-refractivity contribution in [2.24, 2.45) is 5.92 Å². The molecule has 0 fully saturated rings. The average molecular weight is 356 g/mol. The number of nitrogens with zero attached hydrogens (tertiary/aromatic N) is 1. The molecule has 2 rings (SSSR count). The summed E-state index contributed by atoms with van der Waals surface area (Å²) >= 11 is 0. The second kappa shape index (κ2) is 8.95. The molecule has 0 unspecified atom stereocenters. The van der Waals surface area contributed by atoms with Crippen LogP contribution in [0.25, 0.3) is 0 Å². The highest BCUT2D eigenvalue weighted by Gasteiger charge is 2.42. The molecule has 0 saturated heterocycles. The maximum absolute atomic E-state index is 13.5. The Labute approximate surface area is 155 Å². The molecule has 3 nitrogen and oxygen atoms in total. The number of carbonyl (C=O) groups is 1. The third-order valence-electron chi connectivity index (χ3n) is 4.66. The van der Waals surface area contributed by atoms with Gasteiger partial charge >= 0.3 is 5.97 Å². The maximum atomic E-state index is 13.5. The average Bonchev–Trinajstić information content (AvgIpc) is 2.61. The normalized spacial score (nSPS) is 14.7. The Morgan fingerprint density at radius 3 is 2.27 bits per heavy atom. The number of halogens is 1. The van der Waals surface area contributed by atoms with Gasteiger partial charge in [-0.2, -0.15) is 0 Å². The van der Waals surface area contributed by atoms with Crippen molar-refractivity contribution >= 4 is 5.97 Å². The summed E-state index contributed by atoms with van der Waals surface area (Å²) in [4.78, 5) is 14.4. The molecule has 0 heterocycles. The fourth-order valence-electron chi connectivity index (χ4n) is 3.36. The van der Waals surface area contributed by atoms with Gasteiger partial charge in [0.05, 0.1) is 0 Å². The van der Waals surface area contributed by atoms with E-state index in [-0.39, 0.29) is 17.7 Å². The van der Waals surface area contributed by atoms with Gasteiger partial charge in [0.15, 0.2) is 0 Å². The van der Waals surface area contributed by atoms with Crippen LogP contribution in [0.5, 0.6) is 0 Å². The minimum absolute atomic E-state index is 0.0127. The topological polar surface area (TPSA) is 29.5 Å². The van der Waals surface area contributed by atoms with Crippen molar-refractivity contribution < 1.29 is 13.9 Å². The fraction of sp³-hybridized carbons (Fsp3) is 0.409. The minimum Gasteiger partial charge on any atom is -0.453 e. The van der Waals surface area contributed by atoms with Crippen LogP contribution in [0.1, 0.15) is 31.4 Å². The van der Waals surface area contributed by atoms with Crippen LogP contribution in [0.4, 0.5) is 4.39 Å². The highest BCUT2D eigenvalue weighted by atomic mass is 18.2. The van der Waals surface area contributed by atoms with Crippen LogP contribution in [0.3, 0.4) is 0 Å². The van der Waals surface area contributed by atoms with E-state index in [4.69, 9.17) is 4.74 Å². The van der Waals surface area contributed by atoms with Crippen LogP contribution in [-0.2, 0) is 21.6 Å². The van der Waals surface area contributed by atoms with E-state index in [1.807, 2.05) is 44.4 Å². The van der Waals surface area contributed by atoms with Gasteiger partial charge in [0.1, 0.15) is 11.4 Å². The van der Waals surface area contributed by atoms with E-state index in [1.165, 1.54) is 12.1 Å². The van der Waals surface area contributed by atoms with E-state index in [2.05, 4.69) is 11.8 Å². The third-order valence-corrected chi connectivity index (χ3v) is 4.66. The van der Waals surface area contributed by atoms with Crippen LogP contribution >= 0.6 is 0 Å². The first-order valence-corrected chi connectivity index (χ1v) is 9.04. The highest BCUT2D eigenvalue weighted by Crippen LogP contribution is 2.38. The molecule has 0 saturated carbocycles. The predicted molar refractivity (Wildman–Crippen MR) is 102 cm³/mol. The van der Waals surface area contributed by atoms with Crippen LogP contribution in [0, 0.1) is 11.7 Å². The van der Waals surface area contributed by atoms with Crippen molar-refractivity contribution in [1.29, 1.82) is 0 Å². The second-order valence-corrected chi connectivity index (χ2v) is 7.05. The Bertz CT molecular complexity index is 700. The largest absolute Gasteiger partial charge is 0.453 e. The quantitative estimate of drug-likeness (QED) is 0.656. The molecule has 0 N–H and O–H groups in total. The summed E-state index contributed by atoms with van der Waals surface area (Å²) in [6.45, 7) is 4.60. The zero-order valence-corrected chi connectivity index (χ0v) is 16.0. The smallest absolute Gasteiger partial charge is 0.306 e. The van der Waals surface area contributed by atoms with Gasteiger partial charge in [-0.15, -0.1) is 0 Å². The lowest BCUT2D eigenvalue weighted by atomic mass is 9.77. The lowest BCUT2D eigenvalue weighted by molar-refractivity contribution is -0.168. The first-order valence-electron chi connectivity index (χ1n) is 9.04. The number of rotatable bonds is 8. The Morgan fingerprint density at radius 2 is 1.73 bits per heavy atom. The molecule has 0 aliphatic carbocycles. The molecule has 0 aliphatic heterocycles. The van der Waals surface area contributed by atoms with E-state index >= 15 is 0 Å². The van der Waals surface area contributed by atoms with E-state index in [0.717, 1.165) is 17.7 Å². The summed E-state index contributed by atoms with van der Waals surface area (Å²) < 4.78 is 19.6. The molecule has 4 heteroatoms. The van der Waals surface area contributed by atoms with Gasteiger partial charge in [-0.3, -0.25) is 4.79 Å². The Morgan fingerprint density at radius 1 is 1.12 bits per heavy atom. The van der Waals surface area contributed by atoms with Gasteiger partial charge in [0.25, 0.3) is 0 Å². The molecule has 0 aromatic heterocycles. The van der Waals surface area contributed by atoms with Crippen molar-refractivity contribution in [1.82, 2.24) is 4.90 Å². The lowest BCUT2D eigenvalue weighted by Gasteiger charge is -2.40. The Balaban J connectivity index is 2.56. The van der Waals surface area contributed by atoms with E-state index in [0.29, 0.717) is 12.8 Å². The first-order chi connectivity index (χ1) is 12.4. The van der Waals surface area contributed by atoms with Gasteiger partial charge in [-0.1, -0.05) is 56.3 Å².